The molecule has 2 aromatic carbocycles. The van der Waals surface area contributed by atoms with Gasteiger partial charge in [0.25, 0.3) is 0 Å². The van der Waals surface area contributed by atoms with Crippen LogP contribution >= 0.6 is 0 Å². The van der Waals surface area contributed by atoms with Crippen LogP contribution in [-0.2, 0) is 4.84 Å². The van der Waals surface area contributed by atoms with E-state index in [4.69, 9.17) is 9.57 Å². The van der Waals surface area contributed by atoms with E-state index in [9.17, 15) is 4.79 Å². The minimum Gasteiger partial charge on any atom is -0.495 e. The number of anilines is 1. The SMILES string of the molecule is COc1ccccc1NC(=O)N(C)CC1CC(c2ccccc2)=NO1. The summed E-state index contributed by atoms with van der Waals surface area (Å²) in [5, 5.41) is 7.00. The van der Waals surface area contributed by atoms with Crippen molar-refractivity contribution in [3.05, 3.63) is 60.2 Å². The van der Waals surface area contributed by atoms with Crippen molar-refractivity contribution >= 4 is 17.4 Å². The second-order valence-corrected chi connectivity index (χ2v) is 5.85. The summed E-state index contributed by atoms with van der Waals surface area (Å²) in [5.41, 5.74) is 2.59. The van der Waals surface area contributed by atoms with E-state index in [1.54, 1.807) is 31.2 Å². The number of benzene rings is 2. The number of urea groups is 1. The third kappa shape index (κ3) is 4.09. The summed E-state index contributed by atoms with van der Waals surface area (Å²) in [6, 6.07) is 17.0. The van der Waals surface area contributed by atoms with E-state index in [1.807, 2.05) is 42.5 Å². The van der Waals surface area contributed by atoms with E-state index in [-0.39, 0.29) is 12.1 Å². The highest BCUT2D eigenvalue weighted by molar-refractivity contribution is 6.01. The summed E-state index contributed by atoms with van der Waals surface area (Å²) in [6.07, 6.45) is 0.527. The molecule has 1 atom stereocenters. The summed E-state index contributed by atoms with van der Waals surface area (Å²) in [4.78, 5) is 19.4. The Balaban J connectivity index is 1.54. The molecule has 1 aliphatic heterocycles. The van der Waals surface area contributed by atoms with Crippen LogP contribution in [0.15, 0.2) is 59.8 Å². The van der Waals surface area contributed by atoms with Crippen molar-refractivity contribution in [1.82, 2.24) is 4.90 Å². The van der Waals surface area contributed by atoms with E-state index >= 15 is 0 Å². The van der Waals surface area contributed by atoms with Gasteiger partial charge in [0.15, 0.2) is 6.10 Å². The van der Waals surface area contributed by atoms with Gasteiger partial charge in [-0.25, -0.2) is 4.79 Å². The molecule has 1 heterocycles. The average molecular weight is 339 g/mol. The number of hydrogen-bond acceptors (Lipinski definition) is 4. The van der Waals surface area contributed by atoms with Gasteiger partial charge in [-0.2, -0.15) is 0 Å². The summed E-state index contributed by atoms with van der Waals surface area (Å²) in [6.45, 7) is 0.445. The molecular weight excluding hydrogens is 318 g/mol. The average Bonchev–Trinajstić information content (AvgIpc) is 3.11. The Labute approximate surface area is 147 Å². The second-order valence-electron chi connectivity index (χ2n) is 5.85. The van der Waals surface area contributed by atoms with Gasteiger partial charge in [0.2, 0.25) is 0 Å². The molecule has 130 valence electrons. The fourth-order valence-electron chi connectivity index (χ4n) is 2.67. The lowest BCUT2D eigenvalue weighted by molar-refractivity contribution is 0.0672. The largest absolute Gasteiger partial charge is 0.495 e. The zero-order chi connectivity index (χ0) is 17.6. The first-order valence-corrected chi connectivity index (χ1v) is 8.10. The standard InChI is InChI=1S/C19H21N3O3/c1-22(19(23)20-16-10-6-7-11-18(16)24-2)13-15-12-17(21-25-15)14-8-4-3-5-9-14/h3-11,15H,12-13H2,1-2H3,(H,20,23). The number of ether oxygens (including phenoxy) is 1. The van der Waals surface area contributed by atoms with Gasteiger partial charge in [0, 0.05) is 13.5 Å². The monoisotopic (exact) mass is 339 g/mol. The Morgan fingerprint density at radius 3 is 2.72 bits per heavy atom. The summed E-state index contributed by atoms with van der Waals surface area (Å²) in [5.74, 6) is 0.621. The first-order chi connectivity index (χ1) is 12.2. The molecule has 0 saturated carbocycles. The highest BCUT2D eigenvalue weighted by Gasteiger charge is 2.25. The molecule has 25 heavy (non-hydrogen) atoms. The van der Waals surface area contributed by atoms with Crippen LogP contribution in [0.25, 0.3) is 0 Å². The van der Waals surface area contributed by atoms with Crippen LogP contribution in [0.2, 0.25) is 0 Å². The van der Waals surface area contributed by atoms with E-state index in [1.165, 1.54) is 0 Å². The number of carbonyl (C=O) groups is 1. The summed E-state index contributed by atoms with van der Waals surface area (Å²) < 4.78 is 5.25. The van der Waals surface area contributed by atoms with Gasteiger partial charge in [-0.05, 0) is 17.7 Å². The number of oxime groups is 1. The van der Waals surface area contributed by atoms with Crippen LogP contribution in [0.5, 0.6) is 5.75 Å². The van der Waals surface area contributed by atoms with Crippen LogP contribution in [0.1, 0.15) is 12.0 Å². The molecule has 0 aliphatic carbocycles. The number of nitrogens with zero attached hydrogens (tertiary/aromatic N) is 2. The smallest absolute Gasteiger partial charge is 0.321 e. The minimum atomic E-state index is -0.221. The normalized spacial score (nSPS) is 15.9. The van der Waals surface area contributed by atoms with Gasteiger partial charge in [-0.15, -0.1) is 0 Å². The minimum absolute atomic E-state index is 0.149. The van der Waals surface area contributed by atoms with Crippen LogP contribution < -0.4 is 10.1 Å². The molecule has 1 N–H and O–H groups in total. The van der Waals surface area contributed by atoms with Crippen molar-refractivity contribution in [2.75, 3.05) is 26.0 Å². The van der Waals surface area contributed by atoms with Gasteiger partial charge >= 0.3 is 6.03 Å². The lowest BCUT2D eigenvalue weighted by atomic mass is 10.1. The molecule has 2 aromatic rings. The molecule has 6 heteroatoms. The predicted molar refractivity (Wildman–Crippen MR) is 97.1 cm³/mol. The predicted octanol–water partition coefficient (Wildman–Crippen LogP) is 3.35. The number of methoxy groups -OCH3 is 1. The van der Waals surface area contributed by atoms with E-state index < -0.39 is 0 Å². The fraction of sp³-hybridized carbons (Fsp3) is 0.263. The molecule has 0 aromatic heterocycles. The maximum absolute atomic E-state index is 12.4. The van der Waals surface area contributed by atoms with Gasteiger partial charge in [0.1, 0.15) is 5.75 Å². The Morgan fingerprint density at radius 1 is 1.24 bits per heavy atom. The molecule has 3 rings (SSSR count). The van der Waals surface area contributed by atoms with E-state index in [0.717, 1.165) is 11.3 Å². The zero-order valence-electron chi connectivity index (χ0n) is 14.3. The van der Waals surface area contributed by atoms with Crippen LogP contribution in [0, 0.1) is 0 Å². The van der Waals surface area contributed by atoms with Crippen molar-refractivity contribution in [3.63, 3.8) is 0 Å². The van der Waals surface area contributed by atoms with Crippen molar-refractivity contribution < 1.29 is 14.4 Å². The molecule has 2 amide bonds. The van der Waals surface area contributed by atoms with Crippen LogP contribution in [0.3, 0.4) is 0 Å². The Hall–Kier alpha value is -3.02. The molecule has 0 saturated heterocycles. The third-order valence-corrected chi connectivity index (χ3v) is 4.01. The summed E-state index contributed by atoms with van der Waals surface area (Å²) >= 11 is 0. The highest BCUT2D eigenvalue weighted by Crippen LogP contribution is 2.23. The number of amides is 2. The van der Waals surface area contributed by atoms with Gasteiger partial charge in [-0.3, -0.25) is 0 Å². The quantitative estimate of drug-likeness (QED) is 0.908. The van der Waals surface area contributed by atoms with Crippen molar-refractivity contribution in [2.45, 2.75) is 12.5 Å². The number of carbonyl (C=O) groups excluding carboxylic acids is 1. The number of likely N-dealkylation sites (N-methyl/N-ethyl adjacent to an activating group) is 1. The van der Waals surface area contributed by atoms with Gasteiger partial charge < -0.3 is 19.8 Å². The van der Waals surface area contributed by atoms with Crippen molar-refractivity contribution in [1.29, 1.82) is 0 Å². The molecule has 1 unspecified atom stereocenters. The molecule has 0 bridgehead atoms. The van der Waals surface area contributed by atoms with E-state index in [0.29, 0.717) is 24.4 Å². The first kappa shape index (κ1) is 16.8. The van der Waals surface area contributed by atoms with Crippen molar-refractivity contribution in [2.24, 2.45) is 5.16 Å². The second kappa shape index (κ2) is 7.70. The first-order valence-electron chi connectivity index (χ1n) is 8.10. The van der Waals surface area contributed by atoms with Gasteiger partial charge in [-0.1, -0.05) is 47.6 Å². The Kier molecular flexibility index (Phi) is 5.18. The van der Waals surface area contributed by atoms with Crippen LogP contribution in [0.4, 0.5) is 10.5 Å². The maximum atomic E-state index is 12.4. The number of hydrogen-bond donors (Lipinski definition) is 1. The zero-order valence-corrected chi connectivity index (χ0v) is 14.3. The number of nitrogens with one attached hydrogen (secondary N) is 1. The fourth-order valence-corrected chi connectivity index (χ4v) is 2.67. The summed E-state index contributed by atoms with van der Waals surface area (Å²) in [7, 11) is 3.30. The molecule has 0 spiro atoms. The molecule has 0 fully saturated rings. The van der Waals surface area contributed by atoms with Crippen LogP contribution in [-0.4, -0.2) is 43.4 Å². The molecule has 1 aliphatic rings. The Morgan fingerprint density at radius 2 is 1.96 bits per heavy atom. The topological polar surface area (TPSA) is 63.2 Å². The number of para-hydroxylation sites is 2. The highest BCUT2D eigenvalue weighted by atomic mass is 16.6. The lowest BCUT2D eigenvalue weighted by Gasteiger charge is -2.21. The number of rotatable bonds is 5. The van der Waals surface area contributed by atoms with Gasteiger partial charge in [0.05, 0.1) is 25.1 Å². The maximum Gasteiger partial charge on any atom is 0.321 e. The molecule has 6 nitrogen and oxygen atoms in total. The van der Waals surface area contributed by atoms with E-state index in [2.05, 4.69) is 10.5 Å². The molecule has 0 radical (unpaired) electrons. The third-order valence-electron chi connectivity index (χ3n) is 4.01. The lowest BCUT2D eigenvalue weighted by Crippen LogP contribution is -2.37. The van der Waals surface area contributed by atoms with Crippen molar-refractivity contribution in [3.8, 4) is 5.75 Å². The molecular formula is C19H21N3O3. The Bertz CT molecular complexity index is 762.